The Morgan fingerprint density at radius 1 is 0.850 bits per heavy atom. The van der Waals surface area contributed by atoms with E-state index in [1.54, 1.807) is 11.8 Å². The third-order valence-corrected chi connectivity index (χ3v) is 8.65. The summed E-state index contributed by atoms with van der Waals surface area (Å²) in [5.74, 6) is 2.70. The molecule has 0 aliphatic carbocycles. The summed E-state index contributed by atoms with van der Waals surface area (Å²) in [5, 5.41) is 14.1. The summed E-state index contributed by atoms with van der Waals surface area (Å²) < 4.78 is 7.35. The van der Waals surface area contributed by atoms with E-state index in [4.69, 9.17) is 9.51 Å². The predicted molar refractivity (Wildman–Crippen MR) is 162 cm³/mol. The highest BCUT2D eigenvalue weighted by Crippen LogP contribution is 2.27. The van der Waals surface area contributed by atoms with Crippen LogP contribution in [0.1, 0.15) is 34.7 Å². The SMILES string of the molecule is Cc1cc(-c2ccc3c(c2)CCN(CCCSc2nnc(-c4ccc5nc(C)c(C)nc5c4)n2C)CC3)no1.Cl. The number of aryl methyl sites for hydroxylation is 3. The van der Waals surface area contributed by atoms with E-state index in [9.17, 15) is 0 Å². The summed E-state index contributed by atoms with van der Waals surface area (Å²) in [6.45, 7) is 9.18. The Hall–Kier alpha value is -3.27. The molecule has 208 valence electrons. The van der Waals surface area contributed by atoms with Crippen molar-refractivity contribution in [1.82, 2.24) is 34.8 Å². The van der Waals surface area contributed by atoms with Gasteiger partial charge in [-0.2, -0.15) is 0 Å². The molecule has 0 spiro atoms. The maximum absolute atomic E-state index is 5.27. The standard InChI is InChI=1S/C30H33N7OS.ClH/c1-19-16-27(35-38-19)24-7-6-22-10-13-37(14-11-23(22)17-24)12-5-15-39-30-34-33-29(36(30)4)25-8-9-26-28(18-25)32-21(3)20(2)31-26;/h6-9,16-18H,5,10-15H2,1-4H3;1H. The van der Waals surface area contributed by atoms with Gasteiger partial charge in [-0.25, -0.2) is 9.97 Å². The lowest BCUT2D eigenvalue weighted by atomic mass is 9.99. The van der Waals surface area contributed by atoms with Gasteiger partial charge < -0.3 is 14.0 Å². The fourth-order valence-corrected chi connectivity index (χ4v) is 6.00. The number of benzene rings is 2. The van der Waals surface area contributed by atoms with Gasteiger partial charge in [-0.3, -0.25) is 0 Å². The minimum Gasteiger partial charge on any atom is -0.361 e. The van der Waals surface area contributed by atoms with Crippen molar-refractivity contribution in [3.8, 4) is 22.6 Å². The molecule has 4 heterocycles. The zero-order valence-corrected chi connectivity index (χ0v) is 25.0. The molecule has 0 N–H and O–H groups in total. The minimum atomic E-state index is 0. The van der Waals surface area contributed by atoms with E-state index in [-0.39, 0.29) is 12.4 Å². The lowest BCUT2D eigenvalue weighted by Crippen LogP contribution is -2.27. The largest absolute Gasteiger partial charge is 0.361 e. The van der Waals surface area contributed by atoms with E-state index in [1.165, 1.54) is 11.1 Å². The topological polar surface area (TPSA) is 85.8 Å². The summed E-state index contributed by atoms with van der Waals surface area (Å²) in [6, 6.07) is 14.9. The second kappa shape index (κ2) is 12.1. The van der Waals surface area contributed by atoms with Gasteiger partial charge in [0.15, 0.2) is 11.0 Å². The molecule has 1 aliphatic heterocycles. The van der Waals surface area contributed by atoms with Crippen LogP contribution in [0.15, 0.2) is 52.1 Å². The average molecular weight is 576 g/mol. The monoisotopic (exact) mass is 575 g/mol. The first-order valence-electron chi connectivity index (χ1n) is 13.5. The van der Waals surface area contributed by atoms with Gasteiger partial charge in [0.1, 0.15) is 11.5 Å². The Kier molecular flexibility index (Phi) is 8.54. The van der Waals surface area contributed by atoms with Crippen molar-refractivity contribution < 1.29 is 4.52 Å². The van der Waals surface area contributed by atoms with Crippen LogP contribution in [0.3, 0.4) is 0 Å². The Bertz CT molecular complexity index is 1650. The Morgan fingerprint density at radius 3 is 2.38 bits per heavy atom. The number of hydrogen-bond acceptors (Lipinski definition) is 8. The minimum absolute atomic E-state index is 0. The molecule has 0 bridgehead atoms. The quantitative estimate of drug-likeness (QED) is 0.172. The van der Waals surface area contributed by atoms with Gasteiger partial charge in [-0.15, -0.1) is 22.6 Å². The third kappa shape index (κ3) is 5.92. The van der Waals surface area contributed by atoms with Gasteiger partial charge in [0.2, 0.25) is 0 Å². The number of rotatable bonds is 7. The van der Waals surface area contributed by atoms with Crippen LogP contribution in [0.5, 0.6) is 0 Å². The van der Waals surface area contributed by atoms with Crippen molar-refractivity contribution in [3.05, 3.63) is 70.7 Å². The molecule has 2 aromatic carbocycles. The van der Waals surface area contributed by atoms with E-state index in [0.717, 1.165) is 101 Å². The molecule has 0 saturated carbocycles. The number of aromatic nitrogens is 6. The number of halogens is 1. The van der Waals surface area contributed by atoms with Gasteiger partial charge >= 0.3 is 0 Å². The van der Waals surface area contributed by atoms with Crippen molar-refractivity contribution in [2.75, 3.05) is 25.4 Å². The highest BCUT2D eigenvalue weighted by Gasteiger charge is 2.17. The number of thioether (sulfide) groups is 1. The number of fused-ring (bicyclic) bond motifs is 2. The van der Waals surface area contributed by atoms with E-state index in [1.807, 2.05) is 40.0 Å². The van der Waals surface area contributed by atoms with Gasteiger partial charge in [-0.05, 0) is 82.0 Å². The molecule has 5 aromatic rings. The van der Waals surface area contributed by atoms with Gasteiger partial charge in [0, 0.05) is 43.1 Å². The maximum Gasteiger partial charge on any atom is 0.191 e. The smallest absolute Gasteiger partial charge is 0.191 e. The van der Waals surface area contributed by atoms with Gasteiger partial charge in [0.25, 0.3) is 0 Å². The van der Waals surface area contributed by atoms with Gasteiger partial charge in [0.05, 0.1) is 22.4 Å². The molecule has 0 atom stereocenters. The first-order chi connectivity index (χ1) is 18.9. The first kappa shape index (κ1) is 28.3. The molecule has 0 radical (unpaired) electrons. The lowest BCUT2D eigenvalue weighted by Gasteiger charge is -2.19. The van der Waals surface area contributed by atoms with Crippen molar-refractivity contribution in [3.63, 3.8) is 0 Å². The Balaban J connectivity index is 0.00000323. The fourth-order valence-electron chi connectivity index (χ4n) is 5.17. The molecular weight excluding hydrogens is 542 g/mol. The van der Waals surface area contributed by atoms with Crippen LogP contribution in [0.4, 0.5) is 0 Å². The molecule has 0 unspecified atom stereocenters. The molecule has 40 heavy (non-hydrogen) atoms. The second-order valence-corrected chi connectivity index (χ2v) is 11.4. The zero-order valence-electron chi connectivity index (χ0n) is 23.3. The van der Waals surface area contributed by atoms with Gasteiger partial charge in [-0.1, -0.05) is 29.1 Å². The molecule has 6 rings (SSSR count). The summed E-state index contributed by atoms with van der Waals surface area (Å²) in [6.07, 6.45) is 3.26. The van der Waals surface area contributed by atoms with Crippen LogP contribution in [0.2, 0.25) is 0 Å². The average Bonchev–Trinajstić information content (AvgIpc) is 3.47. The molecule has 3 aromatic heterocycles. The highest BCUT2D eigenvalue weighted by atomic mass is 35.5. The van der Waals surface area contributed by atoms with Crippen LogP contribution in [0.25, 0.3) is 33.7 Å². The lowest BCUT2D eigenvalue weighted by molar-refractivity contribution is 0.289. The van der Waals surface area contributed by atoms with Crippen LogP contribution in [-0.2, 0) is 19.9 Å². The molecule has 8 nitrogen and oxygen atoms in total. The van der Waals surface area contributed by atoms with Crippen LogP contribution < -0.4 is 0 Å². The molecule has 0 amide bonds. The van der Waals surface area contributed by atoms with Crippen LogP contribution in [-0.4, -0.2) is 60.2 Å². The highest BCUT2D eigenvalue weighted by molar-refractivity contribution is 7.99. The van der Waals surface area contributed by atoms with E-state index < -0.39 is 0 Å². The maximum atomic E-state index is 5.27. The van der Waals surface area contributed by atoms with Crippen LogP contribution >= 0.6 is 24.2 Å². The van der Waals surface area contributed by atoms with Crippen LogP contribution in [0, 0.1) is 20.8 Å². The Labute approximate surface area is 245 Å². The zero-order chi connectivity index (χ0) is 26.9. The van der Waals surface area contributed by atoms with Crippen molar-refractivity contribution in [1.29, 1.82) is 0 Å². The van der Waals surface area contributed by atoms with E-state index in [0.29, 0.717) is 0 Å². The summed E-state index contributed by atoms with van der Waals surface area (Å²) in [7, 11) is 2.04. The van der Waals surface area contributed by atoms with Crippen molar-refractivity contribution >= 4 is 35.2 Å². The first-order valence-corrected chi connectivity index (χ1v) is 14.5. The molecule has 1 aliphatic rings. The van der Waals surface area contributed by atoms with Crippen molar-refractivity contribution in [2.45, 2.75) is 45.2 Å². The molecular formula is C30H34ClN7OS. The number of nitrogens with zero attached hydrogens (tertiary/aromatic N) is 7. The third-order valence-electron chi connectivity index (χ3n) is 7.54. The van der Waals surface area contributed by atoms with E-state index in [2.05, 4.69) is 60.1 Å². The number of hydrogen-bond donors (Lipinski definition) is 0. The summed E-state index contributed by atoms with van der Waals surface area (Å²) in [5.41, 5.74) is 9.65. The second-order valence-electron chi connectivity index (χ2n) is 10.3. The Morgan fingerprint density at radius 2 is 1.60 bits per heavy atom. The molecule has 0 fully saturated rings. The molecule has 0 saturated heterocycles. The summed E-state index contributed by atoms with van der Waals surface area (Å²) >= 11 is 1.77. The molecule has 10 heteroatoms. The normalized spacial score (nSPS) is 13.7. The predicted octanol–water partition coefficient (Wildman–Crippen LogP) is 6.01. The van der Waals surface area contributed by atoms with Crippen molar-refractivity contribution in [2.24, 2.45) is 7.05 Å². The summed E-state index contributed by atoms with van der Waals surface area (Å²) in [4.78, 5) is 11.9. The fraction of sp³-hybridized carbons (Fsp3) is 0.367. The van der Waals surface area contributed by atoms with E-state index >= 15 is 0 Å².